The molecule has 4 nitrogen and oxygen atoms in total. The van der Waals surface area contributed by atoms with Gasteiger partial charge in [0.15, 0.2) is 0 Å². The molecule has 1 aromatic carbocycles. The third-order valence-corrected chi connectivity index (χ3v) is 1.82. The lowest BCUT2D eigenvalue weighted by atomic mass is 9.96. The van der Waals surface area contributed by atoms with E-state index in [2.05, 4.69) is 0 Å². The van der Waals surface area contributed by atoms with Gasteiger partial charge in [-0.3, -0.25) is 4.79 Å². The Kier molecular flexibility index (Phi) is 6.28. The summed E-state index contributed by atoms with van der Waals surface area (Å²) in [5.74, 6) is 0.0542. The van der Waals surface area contributed by atoms with Crippen molar-refractivity contribution < 1.29 is 14.6 Å². The normalized spacial score (nSPS) is 10.2. The Bertz CT molecular complexity index is 335. The van der Waals surface area contributed by atoms with E-state index in [0.717, 1.165) is 19.1 Å². The molecule has 1 aromatic rings. The van der Waals surface area contributed by atoms with Crippen LogP contribution in [0.2, 0.25) is 0 Å². The molecular weight excluding hydrogens is 218 g/mol. The standard InChI is InChI=1S/C11H17NO.C2H4O2/c1-11(2,12)8-9-4-6-10(13-3)7-5-9;1-2(3)4/h4-7H,8,12H2,1-3H3;1H3,(H,3,4). The highest BCUT2D eigenvalue weighted by Gasteiger charge is 2.10. The van der Waals surface area contributed by atoms with Gasteiger partial charge in [0.2, 0.25) is 0 Å². The molecule has 0 spiro atoms. The van der Waals surface area contributed by atoms with Crippen LogP contribution in [-0.2, 0) is 11.2 Å². The van der Waals surface area contributed by atoms with Crippen molar-refractivity contribution in [2.75, 3.05) is 7.11 Å². The smallest absolute Gasteiger partial charge is 0.300 e. The Morgan fingerprint density at radius 2 is 1.76 bits per heavy atom. The van der Waals surface area contributed by atoms with Gasteiger partial charge in [0.25, 0.3) is 5.97 Å². The molecule has 96 valence electrons. The van der Waals surface area contributed by atoms with Crippen LogP contribution < -0.4 is 10.5 Å². The predicted octanol–water partition coefficient (Wildman–Crippen LogP) is 2.07. The molecule has 1 rings (SSSR count). The number of carboxylic acid groups (broad SMARTS) is 1. The number of methoxy groups -OCH3 is 1. The van der Waals surface area contributed by atoms with Gasteiger partial charge in [0, 0.05) is 12.5 Å². The van der Waals surface area contributed by atoms with Gasteiger partial charge in [-0.1, -0.05) is 12.1 Å². The number of aliphatic carboxylic acids is 1. The van der Waals surface area contributed by atoms with Crippen molar-refractivity contribution in [1.82, 2.24) is 0 Å². The highest BCUT2D eigenvalue weighted by molar-refractivity contribution is 5.62. The van der Waals surface area contributed by atoms with Crippen molar-refractivity contribution >= 4 is 5.97 Å². The van der Waals surface area contributed by atoms with Crippen molar-refractivity contribution in [2.24, 2.45) is 5.73 Å². The summed E-state index contributed by atoms with van der Waals surface area (Å²) in [6.07, 6.45) is 0.886. The summed E-state index contributed by atoms with van der Waals surface area (Å²) in [4.78, 5) is 9.00. The second-order valence-corrected chi connectivity index (χ2v) is 4.53. The lowest BCUT2D eigenvalue weighted by Gasteiger charge is -2.18. The van der Waals surface area contributed by atoms with Crippen LogP contribution in [0, 0.1) is 0 Å². The van der Waals surface area contributed by atoms with Gasteiger partial charge in [0.05, 0.1) is 7.11 Å². The molecule has 0 radical (unpaired) electrons. The van der Waals surface area contributed by atoms with E-state index in [1.54, 1.807) is 7.11 Å². The summed E-state index contributed by atoms with van der Waals surface area (Å²) in [6.45, 7) is 5.13. The number of hydrogen-bond acceptors (Lipinski definition) is 3. The molecule has 0 unspecified atom stereocenters. The first-order valence-electron chi connectivity index (χ1n) is 5.36. The van der Waals surface area contributed by atoms with Crippen LogP contribution in [-0.4, -0.2) is 23.7 Å². The molecule has 0 aliphatic carbocycles. The highest BCUT2D eigenvalue weighted by atomic mass is 16.5. The van der Waals surface area contributed by atoms with E-state index in [1.165, 1.54) is 5.56 Å². The van der Waals surface area contributed by atoms with E-state index in [9.17, 15) is 0 Å². The van der Waals surface area contributed by atoms with Crippen LogP contribution in [0.4, 0.5) is 0 Å². The van der Waals surface area contributed by atoms with E-state index >= 15 is 0 Å². The zero-order chi connectivity index (χ0) is 13.5. The molecule has 17 heavy (non-hydrogen) atoms. The minimum absolute atomic E-state index is 0.144. The topological polar surface area (TPSA) is 72.5 Å². The summed E-state index contributed by atoms with van der Waals surface area (Å²) in [5, 5.41) is 7.42. The lowest BCUT2D eigenvalue weighted by molar-refractivity contribution is -0.134. The van der Waals surface area contributed by atoms with Gasteiger partial charge in [-0.2, -0.15) is 0 Å². The number of benzene rings is 1. The molecule has 0 aliphatic rings. The fraction of sp³-hybridized carbons (Fsp3) is 0.462. The van der Waals surface area contributed by atoms with Gasteiger partial charge in [-0.05, 0) is 38.0 Å². The largest absolute Gasteiger partial charge is 0.497 e. The molecule has 0 heterocycles. The van der Waals surface area contributed by atoms with Gasteiger partial charge in [-0.15, -0.1) is 0 Å². The fourth-order valence-electron chi connectivity index (χ4n) is 1.27. The third kappa shape index (κ3) is 9.38. The Morgan fingerprint density at radius 3 is 2.06 bits per heavy atom. The molecular formula is C13H21NO3. The maximum atomic E-state index is 9.00. The number of carboxylic acids is 1. The maximum absolute atomic E-state index is 9.00. The first-order chi connectivity index (χ1) is 7.74. The van der Waals surface area contributed by atoms with Crippen LogP contribution in [0.3, 0.4) is 0 Å². The van der Waals surface area contributed by atoms with E-state index < -0.39 is 5.97 Å². The first kappa shape index (κ1) is 15.4. The number of ether oxygens (including phenoxy) is 1. The van der Waals surface area contributed by atoms with E-state index in [0.29, 0.717) is 0 Å². The van der Waals surface area contributed by atoms with Gasteiger partial charge >= 0.3 is 0 Å². The average molecular weight is 239 g/mol. The summed E-state index contributed by atoms with van der Waals surface area (Å²) in [6, 6.07) is 8.02. The molecule has 0 saturated carbocycles. The summed E-state index contributed by atoms with van der Waals surface area (Å²) in [7, 11) is 1.67. The van der Waals surface area contributed by atoms with E-state index in [1.807, 2.05) is 38.1 Å². The van der Waals surface area contributed by atoms with Crippen molar-refractivity contribution in [3.63, 3.8) is 0 Å². The van der Waals surface area contributed by atoms with Gasteiger partial charge in [-0.25, -0.2) is 0 Å². The lowest BCUT2D eigenvalue weighted by Crippen LogP contribution is -2.34. The van der Waals surface area contributed by atoms with Crippen molar-refractivity contribution in [2.45, 2.75) is 32.7 Å². The molecule has 0 saturated heterocycles. The molecule has 4 heteroatoms. The van der Waals surface area contributed by atoms with Crippen LogP contribution in [0.25, 0.3) is 0 Å². The quantitative estimate of drug-likeness (QED) is 0.847. The van der Waals surface area contributed by atoms with Gasteiger partial charge < -0.3 is 15.6 Å². The van der Waals surface area contributed by atoms with E-state index in [-0.39, 0.29) is 5.54 Å². The van der Waals surface area contributed by atoms with Crippen molar-refractivity contribution in [3.8, 4) is 5.75 Å². The summed E-state index contributed by atoms with van der Waals surface area (Å²) in [5.41, 5.74) is 7.01. The first-order valence-corrected chi connectivity index (χ1v) is 5.36. The molecule has 0 bridgehead atoms. The van der Waals surface area contributed by atoms with Crippen molar-refractivity contribution in [1.29, 1.82) is 0 Å². The summed E-state index contributed by atoms with van der Waals surface area (Å²) >= 11 is 0. The second-order valence-electron chi connectivity index (χ2n) is 4.53. The van der Waals surface area contributed by atoms with E-state index in [4.69, 9.17) is 20.4 Å². The Hall–Kier alpha value is -1.55. The molecule has 3 N–H and O–H groups in total. The molecule has 0 atom stereocenters. The number of rotatable bonds is 3. The minimum Gasteiger partial charge on any atom is -0.497 e. The Balaban J connectivity index is 0.000000557. The monoisotopic (exact) mass is 239 g/mol. The zero-order valence-corrected chi connectivity index (χ0v) is 10.9. The van der Waals surface area contributed by atoms with Crippen LogP contribution >= 0.6 is 0 Å². The Labute approximate surface area is 102 Å². The summed E-state index contributed by atoms with van der Waals surface area (Å²) < 4.78 is 5.07. The molecule has 0 aromatic heterocycles. The second kappa shape index (κ2) is 6.91. The van der Waals surface area contributed by atoms with Crippen LogP contribution in [0.15, 0.2) is 24.3 Å². The molecule has 0 aliphatic heterocycles. The highest BCUT2D eigenvalue weighted by Crippen LogP contribution is 2.14. The SMILES string of the molecule is CC(=O)O.COc1ccc(CC(C)(C)N)cc1. The Morgan fingerprint density at radius 1 is 1.35 bits per heavy atom. The third-order valence-electron chi connectivity index (χ3n) is 1.82. The van der Waals surface area contributed by atoms with Gasteiger partial charge in [0.1, 0.15) is 5.75 Å². The molecule has 0 amide bonds. The minimum atomic E-state index is -0.833. The average Bonchev–Trinajstić information content (AvgIpc) is 2.15. The number of nitrogens with two attached hydrogens (primary N) is 1. The fourth-order valence-corrected chi connectivity index (χ4v) is 1.27. The van der Waals surface area contributed by atoms with Crippen molar-refractivity contribution in [3.05, 3.63) is 29.8 Å². The molecule has 0 fully saturated rings. The zero-order valence-electron chi connectivity index (χ0n) is 10.9. The predicted molar refractivity (Wildman–Crippen MR) is 68.3 cm³/mol. The maximum Gasteiger partial charge on any atom is 0.300 e. The van der Waals surface area contributed by atoms with Crippen LogP contribution in [0.1, 0.15) is 26.3 Å². The van der Waals surface area contributed by atoms with Crippen LogP contribution in [0.5, 0.6) is 5.75 Å². The number of carbonyl (C=O) groups is 1. The number of hydrogen-bond donors (Lipinski definition) is 2.